The van der Waals surface area contributed by atoms with Crippen LogP contribution in [0.15, 0.2) is 41.4 Å². The van der Waals surface area contributed by atoms with Crippen LogP contribution in [0.3, 0.4) is 0 Å². The number of rotatable bonds is 10. The normalized spacial score (nSPS) is 29.2. The van der Waals surface area contributed by atoms with Gasteiger partial charge < -0.3 is 20.3 Å². The van der Waals surface area contributed by atoms with Gasteiger partial charge in [-0.1, -0.05) is 45.9 Å². The summed E-state index contributed by atoms with van der Waals surface area (Å²) in [5.41, 5.74) is 4.17. The summed E-state index contributed by atoms with van der Waals surface area (Å²) in [6.07, 6.45) is 7.52. The van der Waals surface area contributed by atoms with Gasteiger partial charge in [-0.25, -0.2) is 4.99 Å². The molecule has 50 heavy (non-hydrogen) atoms. The minimum absolute atomic E-state index is 0.0401. The van der Waals surface area contributed by atoms with E-state index in [4.69, 9.17) is 9.57 Å². The third-order valence-corrected chi connectivity index (χ3v) is 12.3. The predicted molar refractivity (Wildman–Crippen MR) is 196 cm³/mol. The van der Waals surface area contributed by atoms with E-state index in [1.165, 1.54) is 6.42 Å². The van der Waals surface area contributed by atoms with Crippen molar-refractivity contribution in [1.82, 2.24) is 15.7 Å². The first-order valence-electron chi connectivity index (χ1n) is 18.5. The smallest absolute Gasteiger partial charge is 0.265 e. The molecule has 3 amide bonds. The fourth-order valence-electron chi connectivity index (χ4n) is 8.86. The molecule has 2 saturated heterocycles. The summed E-state index contributed by atoms with van der Waals surface area (Å²) in [5, 5.41) is 7.64. The Bertz CT molecular complexity index is 1620. The molecule has 2 unspecified atom stereocenters. The number of benzene rings is 2. The summed E-state index contributed by atoms with van der Waals surface area (Å²) in [6, 6.07) is 10.6. The lowest BCUT2D eigenvalue weighted by atomic mass is 9.43. The van der Waals surface area contributed by atoms with E-state index in [9.17, 15) is 14.4 Å². The van der Waals surface area contributed by atoms with Gasteiger partial charge in [0.2, 0.25) is 5.91 Å². The van der Waals surface area contributed by atoms with E-state index in [0.717, 1.165) is 48.1 Å². The minimum Gasteiger partial charge on any atom is -0.496 e. The lowest BCUT2D eigenvalue weighted by Crippen LogP contribution is -2.55. The number of hydrogen-bond donors (Lipinski definition) is 2. The highest BCUT2D eigenvalue weighted by molar-refractivity contribution is 6.00. The molecule has 2 aliphatic heterocycles. The first-order valence-corrected chi connectivity index (χ1v) is 18.5. The van der Waals surface area contributed by atoms with Crippen molar-refractivity contribution in [1.29, 1.82) is 0 Å². The molecule has 0 radical (unpaired) electrons. The van der Waals surface area contributed by atoms with Crippen molar-refractivity contribution in [2.75, 3.05) is 39.3 Å². The Morgan fingerprint density at radius 1 is 1.18 bits per heavy atom. The Labute approximate surface area is 297 Å². The number of para-hydroxylation sites is 1. The van der Waals surface area contributed by atoms with Gasteiger partial charge in [0.1, 0.15) is 17.8 Å². The van der Waals surface area contributed by atoms with Crippen LogP contribution in [0.2, 0.25) is 0 Å². The van der Waals surface area contributed by atoms with Gasteiger partial charge in [0.15, 0.2) is 0 Å². The molecule has 7 rings (SSSR count). The zero-order valence-electron chi connectivity index (χ0n) is 30.8. The molecule has 3 aliphatic carbocycles. The molecule has 5 aliphatic rings. The first kappa shape index (κ1) is 36.0. The molecule has 7 atom stereocenters. The third kappa shape index (κ3) is 7.06. The summed E-state index contributed by atoms with van der Waals surface area (Å²) < 4.78 is 6.05. The van der Waals surface area contributed by atoms with Crippen LogP contribution in [0.5, 0.6) is 5.75 Å². The molecule has 0 aromatic heterocycles. The van der Waals surface area contributed by atoms with Crippen molar-refractivity contribution >= 4 is 29.6 Å². The van der Waals surface area contributed by atoms with Crippen LogP contribution in [0.25, 0.3) is 11.1 Å². The second-order valence-electron chi connectivity index (χ2n) is 15.7. The standard InChI is InChI=1S/C40H55N5O5/c1-8-25-23-50-45(35(25)39(48)42-21-29-17-30-20-33(24(29)2)40(30,3)4)22-26-12-11-13-32(36(26)49-7)27-16-28(19-31(18-27)44(5)6)37(46)43-34-14-9-10-15-41-38(34)47/h11-13,16,18-19,21,24-25,29-30,33-35H,8-10,14-15,17,20,22-23H2,1-7H3,(H,41,47)(H,43,46)/t24-,25+,29?,30+,33+,34?,35+/m1/s1. The molecule has 2 N–H and O–H groups in total. The Balaban J connectivity index is 1.23. The van der Waals surface area contributed by atoms with Gasteiger partial charge in [-0.05, 0) is 91.4 Å². The maximum Gasteiger partial charge on any atom is 0.265 e. The van der Waals surface area contributed by atoms with Crippen molar-refractivity contribution in [2.45, 2.75) is 84.8 Å². The van der Waals surface area contributed by atoms with Crippen molar-refractivity contribution < 1.29 is 24.0 Å². The van der Waals surface area contributed by atoms with Crippen LogP contribution < -0.4 is 20.3 Å². The number of carbonyl (C=O) groups excluding carboxylic acids is 3. The topological polar surface area (TPSA) is 113 Å². The highest BCUT2D eigenvalue weighted by Crippen LogP contribution is 2.62. The van der Waals surface area contributed by atoms with Crippen LogP contribution >= 0.6 is 0 Å². The molecular formula is C40H55N5O5. The maximum absolute atomic E-state index is 13.8. The van der Waals surface area contributed by atoms with E-state index in [2.05, 4.69) is 43.3 Å². The van der Waals surface area contributed by atoms with E-state index >= 15 is 0 Å². The number of methoxy groups -OCH3 is 1. The van der Waals surface area contributed by atoms with Crippen LogP contribution in [0, 0.1) is 35.0 Å². The second-order valence-corrected chi connectivity index (χ2v) is 15.7. The maximum atomic E-state index is 13.8. The summed E-state index contributed by atoms with van der Waals surface area (Å²) in [5.74, 6) is 2.34. The number of nitrogens with zero attached hydrogens (tertiary/aromatic N) is 3. The van der Waals surface area contributed by atoms with Gasteiger partial charge in [-0.3, -0.25) is 19.2 Å². The van der Waals surface area contributed by atoms with Crippen LogP contribution in [0.1, 0.15) is 82.1 Å². The molecular weight excluding hydrogens is 630 g/mol. The Morgan fingerprint density at radius 2 is 1.98 bits per heavy atom. The zero-order valence-corrected chi connectivity index (χ0v) is 30.8. The fourth-order valence-corrected chi connectivity index (χ4v) is 8.86. The highest BCUT2D eigenvalue weighted by Gasteiger charge is 2.55. The molecule has 2 aromatic rings. The number of hydrogen-bond acceptors (Lipinski definition) is 7. The monoisotopic (exact) mass is 685 g/mol. The van der Waals surface area contributed by atoms with Gasteiger partial charge in [0, 0.05) is 55.2 Å². The Kier molecular flexibility index (Phi) is 10.7. The number of fused-ring (bicyclic) bond motifs is 2. The van der Waals surface area contributed by atoms with Crippen LogP contribution in [0.4, 0.5) is 5.69 Å². The number of aliphatic imine (C=N–C) groups is 1. The number of carbonyl (C=O) groups is 3. The van der Waals surface area contributed by atoms with Crippen LogP contribution in [-0.4, -0.2) is 75.4 Å². The summed E-state index contributed by atoms with van der Waals surface area (Å²) >= 11 is 0. The molecule has 270 valence electrons. The molecule has 0 spiro atoms. The Hall–Kier alpha value is -3.76. The van der Waals surface area contributed by atoms with Gasteiger partial charge >= 0.3 is 0 Å². The molecule has 2 bridgehead atoms. The van der Waals surface area contributed by atoms with Crippen molar-refractivity contribution in [3.63, 3.8) is 0 Å². The lowest BCUT2D eigenvalue weighted by Gasteiger charge is -2.61. The average molecular weight is 686 g/mol. The quantitative estimate of drug-likeness (QED) is 0.300. The van der Waals surface area contributed by atoms with Crippen molar-refractivity contribution in [2.24, 2.45) is 40.0 Å². The minimum atomic E-state index is -0.564. The largest absolute Gasteiger partial charge is 0.496 e. The average Bonchev–Trinajstić information content (AvgIpc) is 3.40. The van der Waals surface area contributed by atoms with E-state index in [1.54, 1.807) is 12.2 Å². The van der Waals surface area contributed by atoms with Gasteiger partial charge in [0.25, 0.3) is 11.8 Å². The molecule has 2 heterocycles. The second kappa shape index (κ2) is 14.8. The molecule has 10 nitrogen and oxygen atoms in total. The number of ether oxygens (including phenoxy) is 1. The van der Waals surface area contributed by atoms with Gasteiger partial charge in [-0.2, -0.15) is 5.06 Å². The summed E-state index contributed by atoms with van der Waals surface area (Å²) in [6.45, 7) is 10.6. The van der Waals surface area contributed by atoms with Gasteiger partial charge in [0.05, 0.1) is 20.3 Å². The molecule has 5 fully saturated rings. The molecule has 10 heteroatoms. The van der Waals surface area contributed by atoms with E-state index in [0.29, 0.717) is 66.5 Å². The van der Waals surface area contributed by atoms with Crippen molar-refractivity contribution in [3.8, 4) is 16.9 Å². The highest BCUT2D eigenvalue weighted by atomic mass is 16.7. The molecule has 2 aromatic carbocycles. The summed E-state index contributed by atoms with van der Waals surface area (Å²) in [7, 11) is 5.50. The fraction of sp³-hybridized carbons (Fsp3) is 0.600. The number of nitrogens with one attached hydrogen (secondary N) is 2. The SMILES string of the molecule is CC[C@H]1CON(Cc2cccc(-c3cc(C(=O)NC4CCCCNC4=O)cc(N(C)C)c3)c2OC)[C@@H]1C(=O)N=CC1C[C@H]2C[C@@H]([C@@H]1C)C2(C)C. The van der Waals surface area contributed by atoms with Crippen LogP contribution in [-0.2, 0) is 21.0 Å². The lowest BCUT2D eigenvalue weighted by molar-refractivity contribution is -0.155. The first-order chi connectivity index (χ1) is 23.9. The van der Waals surface area contributed by atoms with E-state index in [-0.39, 0.29) is 23.6 Å². The van der Waals surface area contributed by atoms with E-state index < -0.39 is 12.1 Å². The third-order valence-electron chi connectivity index (χ3n) is 12.3. The van der Waals surface area contributed by atoms with Crippen molar-refractivity contribution in [3.05, 3.63) is 47.5 Å². The Morgan fingerprint density at radius 3 is 2.68 bits per heavy atom. The number of anilines is 1. The predicted octanol–water partition coefficient (Wildman–Crippen LogP) is 5.88. The summed E-state index contributed by atoms with van der Waals surface area (Å²) in [4.78, 5) is 52.7. The zero-order chi connectivity index (χ0) is 35.7. The number of amides is 3. The van der Waals surface area contributed by atoms with E-state index in [1.807, 2.05) is 61.6 Å². The van der Waals surface area contributed by atoms with Gasteiger partial charge in [-0.15, -0.1) is 0 Å². The molecule has 3 saturated carbocycles. The number of hydroxylamine groups is 2.